The van der Waals surface area contributed by atoms with E-state index >= 15 is 0 Å². The quantitative estimate of drug-likeness (QED) is 0.668. The first-order valence-corrected chi connectivity index (χ1v) is 8.20. The average Bonchev–Trinajstić information content (AvgIpc) is 3.13. The normalized spacial score (nSPS) is 11.5. The van der Waals surface area contributed by atoms with Crippen molar-refractivity contribution < 1.29 is 19.1 Å². The van der Waals surface area contributed by atoms with Gasteiger partial charge in [0.2, 0.25) is 11.6 Å². The minimum atomic E-state index is -0.0953. The third-order valence-electron chi connectivity index (χ3n) is 3.54. The van der Waals surface area contributed by atoms with Crippen LogP contribution in [0.5, 0.6) is 17.2 Å². The number of ether oxygens (including phenoxy) is 2. The number of nitrogens with zero attached hydrogens (tertiary/aromatic N) is 2. The van der Waals surface area contributed by atoms with E-state index in [-0.39, 0.29) is 28.2 Å². The summed E-state index contributed by atoms with van der Waals surface area (Å²) in [5, 5.41) is 14.6. The highest BCUT2D eigenvalue weighted by atomic mass is 35.5. The Bertz CT molecular complexity index is 944. The van der Waals surface area contributed by atoms with E-state index in [2.05, 4.69) is 10.1 Å². The van der Waals surface area contributed by atoms with Crippen LogP contribution in [0.4, 0.5) is 0 Å². The molecule has 0 aliphatic carbocycles. The molecular weight excluding hydrogens is 379 g/mol. The molecule has 0 spiro atoms. The zero-order valence-corrected chi connectivity index (χ0v) is 15.4. The molecule has 0 aliphatic heterocycles. The number of rotatable bonds is 5. The predicted molar refractivity (Wildman–Crippen MR) is 99.7 cm³/mol. The molecule has 0 fully saturated rings. The van der Waals surface area contributed by atoms with E-state index in [1.165, 1.54) is 14.2 Å². The highest BCUT2D eigenvalue weighted by Crippen LogP contribution is 2.38. The first kappa shape index (κ1) is 18.1. The summed E-state index contributed by atoms with van der Waals surface area (Å²) in [6, 6.07) is 10.4. The summed E-state index contributed by atoms with van der Waals surface area (Å²) in [5.41, 5.74) is 1.26. The monoisotopic (exact) mass is 392 g/mol. The van der Waals surface area contributed by atoms with Gasteiger partial charge in [0.15, 0.2) is 11.5 Å². The molecule has 0 saturated heterocycles. The molecule has 6 nitrogen and oxygen atoms in total. The standard InChI is InChI=1S/C18H14Cl2N2O4/c1-24-14-8-10(9-15(25-2)16(14)23)7-13(20)18-21-17(22-26-18)11-5-3-4-6-12(11)19/h3-9,23H,1-2H3/b13-7-. The van der Waals surface area contributed by atoms with Crippen molar-refractivity contribution in [3.05, 3.63) is 52.9 Å². The highest BCUT2D eigenvalue weighted by molar-refractivity contribution is 6.50. The lowest BCUT2D eigenvalue weighted by atomic mass is 10.1. The highest BCUT2D eigenvalue weighted by Gasteiger charge is 2.15. The zero-order valence-electron chi connectivity index (χ0n) is 13.9. The number of halogens is 2. The summed E-state index contributed by atoms with van der Waals surface area (Å²) < 4.78 is 15.5. The van der Waals surface area contributed by atoms with Crippen LogP contribution in [0.25, 0.3) is 22.5 Å². The van der Waals surface area contributed by atoms with Crippen LogP contribution < -0.4 is 9.47 Å². The fourth-order valence-electron chi connectivity index (χ4n) is 2.28. The molecule has 0 radical (unpaired) electrons. The summed E-state index contributed by atoms with van der Waals surface area (Å²) in [5.74, 6) is 0.873. The Hall–Kier alpha value is -2.70. The Morgan fingerprint density at radius 1 is 1.15 bits per heavy atom. The molecule has 2 aromatic carbocycles. The number of methoxy groups -OCH3 is 2. The maximum absolute atomic E-state index is 9.96. The lowest BCUT2D eigenvalue weighted by molar-refractivity contribution is 0.340. The lowest BCUT2D eigenvalue weighted by Gasteiger charge is -2.09. The Balaban J connectivity index is 1.95. The number of hydrogen-bond donors (Lipinski definition) is 1. The second-order valence-corrected chi connectivity index (χ2v) is 5.98. The Kier molecular flexibility index (Phi) is 5.35. The van der Waals surface area contributed by atoms with Crippen molar-refractivity contribution in [1.82, 2.24) is 10.1 Å². The Labute approximate surface area is 159 Å². The van der Waals surface area contributed by atoms with Gasteiger partial charge in [0.05, 0.1) is 19.2 Å². The van der Waals surface area contributed by atoms with E-state index in [0.717, 1.165) is 0 Å². The zero-order chi connectivity index (χ0) is 18.7. The molecule has 1 N–H and O–H groups in total. The summed E-state index contributed by atoms with van der Waals surface area (Å²) in [6.45, 7) is 0. The van der Waals surface area contributed by atoms with Gasteiger partial charge in [-0.15, -0.1) is 0 Å². The molecule has 3 aromatic rings. The van der Waals surface area contributed by atoms with Crippen molar-refractivity contribution >= 4 is 34.3 Å². The van der Waals surface area contributed by atoms with Gasteiger partial charge in [0, 0.05) is 5.56 Å². The molecule has 0 saturated carbocycles. The Morgan fingerprint density at radius 2 is 1.81 bits per heavy atom. The molecule has 0 atom stereocenters. The van der Waals surface area contributed by atoms with Crippen LogP contribution >= 0.6 is 23.2 Å². The van der Waals surface area contributed by atoms with Gasteiger partial charge in [-0.1, -0.05) is 40.5 Å². The van der Waals surface area contributed by atoms with Crippen LogP contribution in [-0.4, -0.2) is 29.5 Å². The summed E-state index contributed by atoms with van der Waals surface area (Å²) in [6.07, 6.45) is 1.59. The molecule has 8 heteroatoms. The van der Waals surface area contributed by atoms with E-state index in [1.807, 2.05) is 12.1 Å². The van der Waals surface area contributed by atoms with Crippen molar-refractivity contribution in [1.29, 1.82) is 0 Å². The van der Waals surface area contributed by atoms with Crippen molar-refractivity contribution in [2.75, 3.05) is 14.2 Å². The van der Waals surface area contributed by atoms with Gasteiger partial charge in [-0.05, 0) is 35.9 Å². The maximum atomic E-state index is 9.96. The van der Waals surface area contributed by atoms with Gasteiger partial charge in [-0.3, -0.25) is 0 Å². The van der Waals surface area contributed by atoms with Crippen LogP contribution in [0.3, 0.4) is 0 Å². The van der Waals surface area contributed by atoms with Crippen LogP contribution in [0, 0.1) is 0 Å². The SMILES string of the molecule is COc1cc(/C=C(\Cl)c2nc(-c3ccccc3Cl)no2)cc(OC)c1O. The average molecular weight is 393 g/mol. The van der Waals surface area contributed by atoms with Crippen molar-refractivity contribution in [3.8, 4) is 28.6 Å². The minimum Gasteiger partial charge on any atom is -0.502 e. The number of phenols is 1. The maximum Gasteiger partial charge on any atom is 0.269 e. The van der Waals surface area contributed by atoms with Gasteiger partial charge in [0.1, 0.15) is 5.03 Å². The first-order chi connectivity index (χ1) is 12.5. The van der Waals surface area contributed by atoms with Gasteiger partial charge >= 0.3 is 0 Å². The lowest BCUT2D eigenvalue weighted by Crippen LogP contribution is -1.90. The molecule has 0 amide bonds. The number of phenolic OH excluding ortho intramolecular Hbond substituents is 1. The predicted octanol–water partition coefficient (Wildman–Crippen LogP) is 4.85. The van der Waals surface area contributed by atoms with Gasteiger partial charge in [-0.2, -0.15) is 4.98 Å². The number of aromatic hydroxyl groups is 1. The molecule has 0 bridgehead atoms. The van der Waals surface area contributed by atoms with E-state index < -0.39 is 0 Å². The number of aromatic nitrogens is 2. The van der Waals surface area contributed by atoms with Crippen LogP contribution in [0.1, 0.15) is 11.5 Å². The minimum absolute atomic E-state index is 0.0953. The van der Waals surface area contributed by atoms with Crippen LogP contribution in [0.2, 0.25) is 5.02 Å². The third-order valence-corrected chi connectivity index (χ3v) is 4.14. The molecule has 134 valence electrons. The molecule has 3 rings (SSSR count). The molecule has 26 heavy (non-hydrogen) atoms. The third kappa shape index (κ3) is 3.61. The largest absolute Gasteiger partial charge is 0.502 e. The molecule has 0 aliphatic rings. The second kappa shape index (κ2) is 7.68. The van der Waals surface area contributed by atoms with Crippen LogP contribution in [0.15, 0.2) is 40.9 Å². The summed E-state index contributed by atoms with van der Waals surface area (Å²) >= 11 is 12.4. The van der Waals surface area contributed by atoms with E-state index in [0.29, 0.717) is 22.0 Å². The molecule has 1 aromatic heterocycles. The van der Waals surface area contributed by atoms with Crippen molar-refractivity contribution in [3.63, 3.8) is 0 Å². The second-order valence-electron chi connectivity index (χ2n) is 5.17. The number of benzene rings is 2. The molecular formula is C18H14Cl2N2O4. The Morgan fingerprint density at radius 3 is 2.42 bits per heavy atom. The topological polar surface area (TPSA) is 77.6 Å². The van der Waals surface area contributed by atoms with E-state index in [4.69, 9.17) is 37.2 Å². The van der Waals surface area contributed by atoms with E-state index in [9.17, 15) is 5.11 Å². The van der Waals surface area contributed by atoms with Gasteiger partial charge in [0.25, 0.3) is 5.89 Å². The van der Waals surface area contributed by atoms with Crippen molar-refractivity contribution in [2.24, 2.45) is 0 Å². The first-order valence-electron chi connectivity index (χ1n) is 7.44. The van der Waals surface area contributed by atoms with Gasteiger partial charge in [-0.25, -0.2) is 0 Å². The fraction of sp³-hybridized carbons (Fsp3) is 0.111. The summed E-state index contributed by atoms with van der Waals surface area (Å²) in [4.78, 5) is 4.27. The molecule has 0 unspecified atom stereocenters. The van der Waals surface area contributed by atoms with Crippen LogP contribution in [-0.2, 0) is 0 Å². The van der Waals surface area contributed by atoms with E-state index in [1.54, 1.807) is 30.3 Å². The fourth-order valence-corrected chi connectivity index (χ4v) is 2.70. The molecule has 1 heterocycles. The van der Waals surface area contributed by atoms with Crippen molar-refractivity contribution in [2.45, 2.75) is 0 Å². The van der Waals surface area contributed by atoms with Gasteiger partial charge < -0.3 is 19.1 Å². The summed E-state index contributed by atoms with van der Waals surface area (Å²) in [7, 11) is 2.88. The smallest absolute Gasteiger partial charge is 0.269 e. The number of hydrogen-bond acceptors (Lipinski definition) is 6.